The van der Waals surface area contributed by atoms with Crippen molar-refractivity contribution in [1.82, 2.24) is 0 Å². The Kier molecular flexibility index (Phi) is 3.23. The third-order valence-electron chi connectivity index (χ3n) is 3.96. The number of hydrogen-bond donors (Lipinski definition) is 1. The van der Waals surface area contributed by atoms with E-state index in [1.165, 1.54) is 0 Å². The molecule has 0 bridgehead atoms. The molecule has 3 heteroatoms. The molecular formula is C14H20FNO. The van der Waals surface area contributed by atoms with Gasteiger partial charge in [-0.1, -0.05) is 6.07 Å². The molecule has 2 rings (SSSR count). The minimum atomic E-state index is -0.373. The summed E-state index contributed by atoms with van der Waals surface area (Å²) in [6.07, 6.45) is 2.93. The molecule has 0 aliphatic heterocycles. The molecule has 1 aliphatic carbocycles. The molecule has 0 saturated heterocycles. The number of rotatable bonds is 3. The van der Waals surface area contributed by atoms with E-state index in [-0.39, 0.29) is 17.5 Å². The summed E-state index contributed by atoms with van der Waals surface area (Å²) in [5.41, 5.74) is 8.32. The van der Waals surface area contributed by atoms with Gasteiger partial charge in [-0.15, -0.1) is 0 Å². The first-order valence-corrected chi connectivity index (χ1v) is 6.07. The van der Waals surface area contributed by atoms with E-state index < -0.39 is 0 Å². The van der Waals surface area contributed by atoms with Crippen molar-refractivity contribution in [3.05, 3.63) is 34.6 Å². The Balaban J connectivity index is 2.40. The summed E-state index contributed by atoms with van der Waals surface area (Å²) in [5.74, 6) is -0.210. The zero-order valence-corrected chi connectivity index (χ0v) is 10.7. The van der Waals surface area contributed by atoms with Gasteiger partial charge in [-0.3, -0.25) is 0 Å². The van der Waals surface area contributed by atoms with E-state index in [9.17, 15) is 4.39 Å². The van der Waals surface area contributed by atoms with Crippen LogP contribution in [0.4, 0.5) is 4.39 Å². The summed E-state index contributed by atoms with van der Waals surface area (Å²) in [4.78, 5) is 0. The van der Waals surface area contributed by atoms with E-state index in [1.807, 2.05) is 19.9 Å². The van der Waals surface area contributed by atoms with Crippen LogP contribution in [0.25, 0.3) is 0 Å². The summed E-state index contributed by atoms with van der Waals surface area (Å²) in [5, 5.41) is 0. The first-order chi connectivity index (χ1) is 8.00. The number of methoxy groups -OCH3 is 1. The largest absolute Gasteiger partial charge is 0.376 e. The van der Waals surface area contributed by atoms with Crippen LogP contribution in [-0.4, -0.2) is 12.7 Å². The minimum Gasteiger partial charge on any atom is -0.376 e. The maximum Gasteiger partial charge on any atom is 0.128 e. The fraction of sp³-hybridized carbons (Fsp3) is 0.571. The predicted octanol–water partition coefficient (Wildman–Crippen LogP) is 3.01. The SMILES string of the molecule is COC1(C(N)c2c(C)cc(C)cc2F)CCC1. The zero-order chi connectivity index (χ0) is 12.6. The summed E-state index contributed by atoms with van der Waals surface area (Å²) in [6, 6.07) is 3.15. The highest BCUT2D eigenvalue weighted by Crippen LogP contribution is 2.44. The highest BCUT2D eigenvalue weighted by molar-refractivity contribution is 5.36. The highest BCUT2D eigenvalue weighted by Gasteiger charge is 2.44. The average molecular weight is 237 g/mol. The lowest BCUT2D eigenvalue weighted by Gasteiger charge is -2.45. The van der Waals surface area contributed by atoms with Crippen molar-refractivity contribution in [2.75, 3.05) is 7.11 Å². The molecular weight excluding hydrogens is 217 g/mol. The van der Waals surface area contributed by atoms with Gasteiger partial charge in [-0.25, -0.2) is 4.39 Å². The molecule has 1 atom stereocenters. The number of hydrogen-bond acceptors (Lipinski definition) is 2. The average Bonchev–Trinajstić information content (AvgIpc) is 2.14. The zero-order valence-electron chi connectivity index (χ0n) is 10.7. The minimum absolute atomic E-state index is 0.210. The normalized spacial score (nSPS) is 19.8. The second-order valence-electron chi connectivity index (χ2n) is 5.08. The van der Waals surface area contributed by atoms with Gasteiger partial charge in [0, 0.05) is 12.7 Å². The van der Waals surface area contributed by atoms with Gasteiger partial charge >= 0.3 is 0 Å². The van der Waals surface area contributed by atoms with Gasteiger partial charge in [0.25, 0.3) is 0 Å². The van der Waals surface area contributed by atoms with E-state index in [0.29, 0.717) is 5.56 Å². The molecule has 94 valence electrons. The van der Waals surface area contributed by atoms with Gasteiger partial charge in [-0.2, -0.15) is 0 Å². The van der Waals surface area contributed by atoms with Gasteiger partial charge in [0.05, 0.1) is 11.6 Å². The third-order valence-corrected chi connectivity index (χ3v) is 3.96. The first kappa shape index (κ1) is 12.5. The molecule has 1 saturated carbocycles. The molecule has 2 nitrogen and oxygen atoms in total. The number of nitrogens with two attached hydrogens (primary N) is 1. The van der Waals surface area contributed by atoms with Crippen LogP contribution in [-0.2, 0) is 4.74 Å². The van der Waals surface area contributed by atoms with Crippen molar-refractivity contribution < 1.29 is 9.13 Å². The van der Waals surface area contributed by atoms with E-state index in [0.717, 1.165) is 30.4 Å². The van der Waals surface area contributed by atoms with Crippen LogP contribution in [0.1, 0.15) is 42.0 Å². The van der Waals surface area contributed by atoms with E-state index >= 15 is 0 Å². The second kappa shape index (κ2) is 4.39. The Labute approximate surface area is 102 Å². The van der Waals surface area contributed by atoms with Crippen LogP contribution < -0.4 is 5.73 Å². The maximum absolute atomic E-state index is 14.1. The third kappa shape index (κ3) is 1.98. The molecule has 0 amide bonds. The van der Waals surface area contributed by atoms with Crippen molar-refractivity contribution in [2.24, 2.45) is 5.73 Å². The Morgan fingerprint density at radius 3 is 2.41 bits per heavy atom. The Hall–Kier alpha value is -0.930. The van der Waals surface area contributed by atoms with Crippen molar-refractivity contribution in [3.8, 4) is 0 Å². The van der Waals surface area contributed by atoms with E-state index in [1.54, 1.807) is 13.2 Å². The Bertz CT molecular complexity index is 398. The van der Waals surface area contributed by atoms with Crippen LogP contribution in [0.15, 0.2) is 12.1 Å². The molecule has 1 unspecified atom stereocenters. The molecule has 1 aliphatic rings. The van der Waals surface area contributed by atoms with Crippen LogP contribution in [0.3, 0.4) is 0 Å². The molecule has 2 N–H and O–H groups in total. The molecule has 1 aromatic rings. The number of aryl methyl sites for hydroxylation is 2. The lowest BCUT2D eigenvalue weighted by molar-refractivity contribution is -0.0919. The first-order valence-electron chi connectivity index (χ1n) is 6.07. The summed E-state index contributed by atoms with van der Waals surface area (Å²) in [7, 11) is 1.67. The fourth-order valence-electron chi connectivity index (χ4n) is 2.75. The number of benzene rings is 1. The van der Waals surface area contributed by atoms with Gasteiger partial charge in [0.2, 0.25) is 0 Å². The molecule has 0 aromatic heterocycles. The summed E-state index contributed by atoms with van der Waals surface area (Å²) in [6.45, 7) is 3.80. The van der Waals surface area contributed by atoms with Crippen molar-refractivity contribution in [3.63, 3.8) is 0 Å². The number of halogens is 1. The predicted molar refractivity (Wildman–Crippen MR) is 66.4 cm³/mol. The van der Waals surface area contributed by atoms with E-state index in [2.05, 4.69) is 0 Å². The van der Waals surface area contributed by atoms with Gasteiger partial charge in [-0.05, 0) is 50.3 Å². The van der Waals surface area contributed by atoms with Crippen LogP contribution in [0.5, 0.6) is 0 Å². The fourth-order valence-corrected chi connectivity index (χ4v) is 2.75. The van der Waals surface area contributed by atoms with Gasteiger partial charge in [0.15, 0.2) is 0 Å². The lowest BCUT2D eigenvalue weighted by atomic mass is 9.71. The standard InChI is InChI=1S/C14H20FNO/c1-9-7-10(2)12(11(15)8-9)13(16)14(17-3)5-4-6-14/h7-8,13H,4-6,16H2,1-3H3. The monoisotopic (exact) mass is 237 g/mol. The van der Waals surface area contributed by atoms with Gasteiger partial charge in [0.1, 0.15) is 5.82 Å². The van der Waals surface area contributed by atoms with Crippen molar-refractivity contribution in [2.45, 2.75) is 44.8 Å². The van der Waals surface area contributed by atoms with Gasteiger partial charge < -0.3 is 10.5 Å². The molecule has 0 heterocycles. The molecule has 0 radical (unpaired) electrons. The van der Waals surface area contributed by atoms with Crippen molar-refractivity contribution >= 4 is 0 Å². The van der Waals surface area contributed by atoms with Crippen LogP contribution in [0, 0.1) is 19.7 Å². The molecule has 0 spiro atoms. The molecule has 1 aromatic carbocycles. The smallest absolute Gasteiger partial charge is 0.128 e. The van der Waals surface area contributed by atoms with E-state index in [4.69, 9.17) is 10.5 Å². The lowest BCUT2D eigenvalue weighted by Crippen LogP contribution is -2.49. The topological polar surface area (TPSA) is 35.2 Å². The molecule has 17 heavy (non-hydrogen) atoms. The van der Waals surface area contributed by atoms with Crippen molar-refractivity contribution in [1.29, 1.82) is 0 Å². The Morgan fingerprint density at radius 1 is 1.35 bits per heavy atom. The second-order valence-corrected chi connectivity index (χ2v) is 5.08. The quantitative estimate of drug-likeness (QED) is 0.877. The number of ether oxygens (including phenoxy) is 1. The highest BCUT2D eigenvalue weighted by atomic mass is 19.1. The Morgan fingerprint density at radius 2 is 2.00 bits per heavy atom. The van der Waals surface area contributed by atoms with Crippen LogP contribution in [0.2, 0.25) is 0 Å². The summed E-state index contributed by atoms with van der Waals surface area (Å²) < 4.78 is 19.6. The maximum atomic E-state index is 14.1. The molecule has 1 fully saturated rings. The summed E-state index contributed by atoms with van der Waals surface area (Å²) >= 11 is 0. The van der Waals surface area contributed by atoms with Crippen LogP contribution >= 0.6 is 0 Å².